The number of carbonyl (C=O) groups is 1. The summed E-state index contributed by atoms with van der Waals surface area (Å²) >= 11 is 0. The van der Waals surface area contributed by atoms with Gasteiger partial charge in [0.1, 0.15) is 11.6 Å². The molecule has 0 radical (unpaired) electrons. The number of benzene rings is 1. The minimum absolute atomic E-state index is 0.0737. The third-order valence-electron chi connectivity index (χ3n) is 6.07. The third-order valence-corrected chi connectivity index (χ3v) is 7.82. The van der Waals surface area contributed by atoms with Crippen LogP contribution in [0.2, 0.25) is 0 Å². The van der Waals surface area contributed by atoms with Gasteiger partial charge in [-0.05, 0) is 44.0 Å². The van der Waals surface area contributed by atoms with Gasteiger partial charge < -0.3 is 15.0 Å². The van der Waals surface area contributed by atoms with Crippen molar-refractivity contribution in [2.75, 3.05) is 61.6 Å². The lowest BCUT2D eigenvalue weighted by Gasteiger charge is -2.23. The molecule has 2 saturated heterocycles. The van der Waals surface area contributed by atoms with Gasteiger partial charge in [-0.1, -0.05) is 0 Å². The van der Waals surface area contributed by atoms with Crippen LogP contribution in [0, 0.1) is 6.92 Å². The smallest absolute Gasteiger partial charge is 0.239 e. The highest BCUT2D eigenvalue weighted by Crippen LogP contribution is 2.27. The average molecular weight is 462 g/mol. The Morgan fingerprint density at radius 3 is 2.66 bits per heavy atom. The number of nitrogens with zero attached hydrogens (tertiary/aromatic N) is 4. The summed E-state index contributed by atoms with van der Waals surface area (Å²) in [4.78, 5) is 17.3. The first kappa shape index (κ1) is 22.6. The van der Waals surface area contributed by atoms with Crippen molar-refractivity contribution in [3.05, 3.63) is 36.0 Å². The Labute approximate surface area is 189 Å². The van der Waals surface area contributed by atoms with Crippen LogP contribution in [0.4, 0.5) is 11.5 Å². The SMILES string of the molecule is COc1ccc(N2CCCN(CC(=O)Nc3cc(C)nn3C3CCS(=O)(=O)C3)CC2)cc1. The molecule has 1 atom stereocenters. The van der Waals surface area contributed by atoms with Crippen LogP contribution in [0.1, 0.15) is 24.6 Å². The maximum absolute atomic E-state index is 12.8. The van der Waals surface area contributed by atoms with Crippen molar-refractivity contribution in [1.82, 2.24) is 14.7 Å². The molecule has 2 aliphatic heterocycles. The summed E-state index contributed by atoms with van der Waals surface area (Å²) < 4.78 is 30.6. The fourth-order valence-corrected chi connectivity index (χ4v) is 6.11. The number of aromatic nitrogens is 2. The molecule has 1 aromatic carbocycles. The molecule has 9 nitrogen and oxygen atoms in total. The molecule has 2 fully saturated rings. The van der Waals surface area contributed by atoms with E-state index in [0.717, 1.165) is 49.7 Å². The molecule has 3 heterocycles. The summed E-state index contributed by atoms with van der Waals surface area (Å²) in [5.74, 6) is 1.55. The Kier molecular flexibility index (Phi) is 6.71. The van der Waals surface area contributed by atoms with E-state index in [4.69, 9.17) is 4.74 Å². The molecular weight excluding hydrogens is 430 g/mol. The Hall–Kier alpha value is -2.59. The fraction of sp³-hybridized carbons (Fsp3) is 0.545. The number of methoxy groups -OCH3 is 1. The van der Waals surface area contributed by atoms with Crippen LogP contribution in [0.3, 0.4) is 0 Å². The second-order valence-electron chi connectivity index (χ2n) is 8.54. The molecule has 4 rings (SSSR count). The number of anilines is 2. The molecule has 1 aromatic heterocycles. The van der Waals surface area contributed by atoms with Crippen LogP contribution in [0.15, 0.2) is 30.3 Å². The summed E-state index contributed by atoms with van der Waals surface area (Å²) in [5, 5.41) is 7.39. The highest BCUT2D eigenvalue weighted by Gasteiger charge is 2.31. The number of sulfone groups is 1. The van der Waals surface area contributed by atoms with E-state index in [-0.39, 0.29) is 23.5 Å². The lowest BCUT2D eigenvalue weighted by Crippen LogP contribution is -2.36. The van der Waals surface area contributed by atoms with Crippen LogP contribution >= 0.6 is 0 Å². The number of carbonyl (C=O) groups excluding carboxylic acids is 1. The van der Waals surface area contributed by atoms with Gasteiger partial charge in [-0.15, -0.1) is 0 Å². The minimum atomic E-state index is -3.03. The Bertz CT molecular complexity index is 1050. The van der Waals surface area contributed by atoms with Crippen molar-refractivity contribution in [3.8, 4) is 5.75 Å². The highest BCUT2D eigenvalue weighted by molar-refractivity contribution is 7.91. The van der Waals surface area contributed by atoms with Gasteiger partial charge in [0.25, 0.3) is 0 Å². The Morgan fingerprint density at radius 2 is 1.97 bits per heavy atom. The minimum Gasteiger partial charge on any atom is -0.497 e. The zero-order valence-corrected chi connectivity index (χ0v) is 19.5. The molecule has 2 aliphatic rings. The van der Waals surface area contributed by atoms with Gasteiger partial charge in [-0.25, -0.2) is 13.1 Å². The van der Waals surface area contributed by atoms with E-state index >= 15 is 0 Å². The number of nitrogens with one attached hydrogen (secondary N) is 1. The molecule has 1 unspecified atom stereocenters. The van der Waals surface area contributed by atoms with Gasteiger partial charge in [0.05, 0.1) is 36.9 Å². The predicted molar refractivity (Wildman–Crippen MR) is 124 cm³/mol. The summed E-state index contributed by atoms with van der Waals surface area (Å²) in [6.07, 6.45) is 1.50. The number of hydrogen-bond acceptors (Lipinski definition) is 7. The molecule has 1 N–H and O–H groups in total. The maximum atomic E-state index is 12.8. The number of amides is 1. The fourth-order valence-electron chi connectivity index (χ4n) is 4.42. The second kappa shape index (κ2) is 9.50. The Balaban J connectivity index is 1.34. The number of ether oxygens (including phenoxy) is 1. The van der Waals surface area contributed by atoms with Gasteiger partial charge in [0.15, 0.2) is 9.84 Å². The third kappa shape index (κ3) is 5.42. The predicted octanol–water partition coefficient (Wildman–Crippen LogP) is 1.71. The average Bonchev–Trinajstić information content (AvgIpc) is 3.21. The van der Waals surface area contributed by atoms with E-state index < -0.39 is 9.84 Å². The monoisotopic (exact) mass is 461 g/mol. The van der Waals surface area contributed by atoms with Crippen molar-refractivity contribution in [3.63, 3.8) is 0 Å². The van der Waals surface area contributed by atoms with Crippen molar-refractivity contribution >= 4 is 27.2 Å². The Morgan fingerprint density at radius 1 is 1.19 bits per heavy atom. The zero-order valence-electron chi connectivity index (χ0n) is 18.7. The molecule has 0 bridgehead atoms. The summed E-state index contributed by atoms with van der Waals surface area (Å²) in [6.45, 7) is 5.56. The van der Waals surface area contributed by atoms with E-state index in [1.165, 1.54) is 0 Å². The van der Waals surface area contributed by atoms with Crippen LogP contribution in [-0.4, -0.2) is 80.3 Å². The van der Waals surface area contributed by atoms with Gasteiger partial charge in [0, 0.05) is 37.9 Å². The first-order valence-corrected chi connectivity index (χ1v) is 12.8. The summed E-state index contributed by atoms with van der Waals surface area (Å²) in [6, 6.07) is 9.64. The molecule has 0 saturated carbocycles. The molecular formula is C22H31N5O4S. The van der Waals surface area contributed by atoms with Crippen LogP contribution in [0.25, 0.3) is 0 Å². The lowest BCUT2D eigenvalue weighted by atomic mass is 10.2. The van der Waals surface area contributed by atoms with Crippen LogP contribution in [0.5, 0.6) is 5.75 Å². The number of rotatable bonds is 6. The van der Waals surface area contributed by atoms with Crippen LogP contribution < -0.4 is 15.0 Å². The van der Waals surface area contributed by atoms with E-state index in [9.17, 15) is 13.2 Å². The van der Waals surface area contributed by atoms with Gasteiger partial charge in [-0.3, -0.25) is 9.69 Å². The standard InChI is InChI=1S/C22H31N5O4S/c1-17-14-21(27(24-17)19-8-13-32(29,30)16-19)23-22(28)15-25-9-3-10-26(12-11-25)18-4-6-20(31-2)7-5-18/h4-7,14,19H,3,8-13,15-16H2,1-2H3,(H,23,28). The van der Waals surface area contributed by atoms with E-state index in [2.05, 4.69) is 32.3 Å². The van der Waals surface area contributed by atoms with Crippen LogP contribution in [-0.2, 0) is 14.6 Å². The number of hydrogen-bond donors (Lipinski definition) is 1. The molecule has 174 valence electrons. The van der Waals surface area contributed by atoms with Crippen molar-refractivity contribution in [1.29, 1.82) is 0 Å². The summed E-state index contributed by atoms with van der Waals surface area (Å²) in [5.41, 5.74) is 1.91. The van der Waals surface area contributed by atoms with Gasteiger partial charge >= 0.3 is 0 Å². The van der Waals surface area contributed by atoms with E-state index in [0.29, 0.717) is 18.8 Å². The first-order valence-electron chi connectivity index (χ1n) is 11.0. The van der Waals surface area contributed by atoms with Crippen molar-refractivity contribution in [2.45, 2.75) is 25.8 Å². The topological polar surface area (TPSA) is 96.8 Å². The zero-order chi connectivity index (χ0) is 22.7. The molecule has 32 heavy (non-hydrogen) atoms. The van der Waals surface area contributed by atoms with Crippen molar-refractivity contribution in [2.24, 2.45) is 0 Å². The summed E-state index contributed by atoms with van der Waals surface area (Å²) in [7, 11) is -1.37. The highest BCUT2D eigenvalue weighted by atomic mass is 32.2. The molecule has 1 amide bonds. The molecule has 2 aromatic rings. The largest absolute Gasteiger partial charge is 0.497 e. The van der Waals surface area contributed by atoms with E-state index in [1.54, 1.807) is 17.9 Å². The van der Waals surface area contributed by atoms with Crippen molar-refractivity contribution < 1.29 is 17.9 Å². The maximum Gasteiger partial charge on any atom is 0.239 e. The first-order chi connectivity index (χ1) is 15.3. The lowest BCUT2D eigenvalue weighted by molar-refractivity contribution is -0.117. The van der Waals surface area contributed by atoms with Gasteiger partial charge in [0.2, 0.25) is 5.91 Å². The quantitative estimate of drug-likeness (QED) is 0.700. The second-order valence-corrected chi connectivity index (χ2v) is 10.8. The molecule has 0 aliphatic carbocycles. The normalized spacial score (nSPS) is 21.3. The number of aryl methyl sites for hydroxylation is 1. The van der Waals surface area contributed by atoms with E-state index in [1.807, 2.05) is 19.1 Å². The molecule has 0 spiro atoms. The van der Waals surface area contributed by atoms with Gasteiger partial charge in [-0.2, -0.15) is 5.10 Å². The molecule has 10 heteroatoms.